The van der Waals surface area contributed by atoms with Gasteiger partial charge in [-0.3, -0.25) is 4.79 Å². The average molecular weight is 409 g/mol. The number of para-hydroxylation sites is 1. The van der Waals surface area contributed by atoms with E-state index in [1.165, 1.54) is 0 Å². The lowest BCUT2D eigenvalue weighted by Crippen LogP contribution is -2.33. The number of rotatable bonds is 6. The van der Waals surface area contributed by atoms with Gasteiger partial charge in [0.25, 0.3) is 5.91 Å². The molecule has 1 amide bonds. The van der Waals surface area contributed by atoms with E-state index >= 15 is 0 Å². The topological polar surface area (TPSA) is 66.3 Å². The molecule has 3 aromatic carbocycles. The van der Waals surface area contributed by atoms with Gasteiger partial charge in [-0.2, -0.15) is 0 Å². The third kappa shape index (κ3) is 4.61. The van der Waals surface area contributed by atoms with Crippen LogP contribution < -0.4 is 0 Å². The monoisotopic (exact) mass is 409 g/mol. The van der Waals surface area contributed by atoms with Crippen LogP contribution in [-0.4, -0.2) is 25.9 Å². The van der Waals surface area contributed by atoms with E-state index < -0.39 is 0 Å². The van der Waals surface area contributed by atoms with Crippen molar-refractivity contribution in [1.82, 2.24) is 14.9 Å². The maximum Gasteiger partial charge on any atom is 0.257 e. The predicted octanol–water partition coefficient (Wildman–Crippen LogP) is 5.25. The molecule has 154 valence electrons. The number of phenols is 1. The van der Waals surface area contributed by atoms with Gasteiger partial charge in [-0.05, 0) is 18.6 Å². The van der Waals surface area contributed by atoms with Crippen LogP contribution in [0.1, 0.15) is 34.5 Å². The van der Waals surface area contributed by atoms with Crippen LogP contribution in [0.3, 0.4) is 0 Å². The number of benzene rings is 3. The third-order valence-corrected chi connectivity index (χ3v) is 5.27. The molecule has 0 fully saturated rings. The summed E-state index contributed by atoms with van der Waals surface area (Å²) in [5.74, 6) is 0.538. The van der Waals surface area contributed by atoms with Crippen molar-refractivity contribution in [2.24, 2.45) is 0 Å². The van der Waals surface area contributed by atoms with Crippen LogP contribution in [0.5, 0.6) is 5.75 Å². The second-order valence-corrected chi connectivity index (χ2v) is 7.31. The standard InChI is InChI=1S/C26H23N3O2/c1-19(20-10-4-2-5-11-20)29(18-22-14-8-9-15-24(22)30)26(31)23-16-27-25(28-17-23)21-12-6-3-7-13-21/h2-17,19,30H,18H2,1H3/t19-/m0/s1. The van der Waals surface area contributed by atoms with Crippen LogP contribution in [0.25, 0.3) is 11.4 Å². The van der Waals surface area contributed by atoms with Crippen LogP contribution in [0.4, 0.5) is 0 Å². The van der Waals surface area contributed by atoms with E-state index in [1.807, 2.05) is 79.7 Å². The highest BCUT2D eigenvalue weighted by Crippen LogP contribution is 2.27. The average Bonchev–Trinajstić information content (AvgIpc) is 2.84. The largest absolute Gasteiger partial charge is 0.508 e. The molecule has 5 nitrogen and oxygen atoms in total. The Morgan fingerprint density at radius 3 is 2.10 bits per heavy atom. The molecule has 5 heteroatoms. The normalized spacial score (nSPS) is 11.6. The Labute approximate surface area is 181 Å². The predicted molar refractivity (Wildman–Crippen MR) is 120 cm³/mol. The van der Waals surface area contributed by atoms with Gasteiger partial charge in [-0.15, -0.1) is 0 Å². The van der Waals surface area contributed by atoms with E-state index in [2.05, 4.69) is 9.97 Å². The third-order valence-electron chi connectivity index (χ3n) is 5.27. The minimum atomic E-state index is -0.206. The molecule has 0 unspecified atom stereocenters. The van der Waals surface area contributed by atoms with Gasteiger partial charge in [0, 0.05) is 23.5 Å². The van der Waals surface area contributed by atoms with E-state index in [-0.39, 0.29) is 24.2 Å². The quantitative estimate of drug-likeness (QED) is 0.472. The van der Waals surface area contributed by atoms with Gasteiger partial charge in [0.05, 0.1) is 18.2 Å². The van der Waals surface area contributed by atoms with Crippen LogP contribution in [0.2, 0.25) is 0 Å². The summed E-state index contributed by atoms with van der Waals surface area (Å²) in [7, 11) is 0. The van der Waals surface area contributed by atoms with Crippen LogP contribution in [0.15, 0.2) is 97.3 Å². The van der Waals surface area contributed by atoms with Crippen LogP contribution >= 0.6 is 0 Å². The Morgan fingerprint density at radius 2 is 1.45 bits per heavy atom. The van der Waals surface area contributed by atoms with E-state index in [0.717, 1.165) is 11.1 Å². The van der Waals surface area contributed by atoms with Crippen molar-refractivity contribution in [2.75, 3.05) is 0 Å². The Kier molecular flexibility index (Phi) is 6.03. The fourth-order valence-electron chi connectivity index (χ4n) is 3.46. The Balaban J connectivity index is 1.65. The number of aromatic hydroxyl groups is 1. The number of amides is 1. The maximum absolute atomic E-state index is 13.5. The van der Waals surface area contributed by atoms with Gasteiger partial charge >= 0.3 is 0 Å². The number of carbonyl (C=O) groups excluding carboxylic acids is 1. The first-order chi connectivity index (χ1) is 15.1. The zero-order valence-corrected chi connectivity index (χ0v) is 17.2. The highest BCUT2D eigenvalue weighted by molar-refractivity contribution is 5.94. The SMILES string of the molecule is C[C@@H](c1ccccc1)N(Cc1ccccc1O)C(=O)c1cnc(-c2ccccc2)nc1. The van der Waals surface area contributed by atoms with Crippen molar-refractivity contribution in [3.8, 4) is 17.1 Å². The second kappa shape index (κ2) is 9.22. The lowest BCUT2D eigenvalue weighted by molar-refractivity contribution is 0.0672. The summed E-state index contributed by atoms with van der Waals surface area (Å²) in [5.41, 5.74) is 2.98. The van der Waals surface area contributed by atoms with Crippen molar-refractivity contribution < 1.29 is 9.90 Å². The van der Waals surface area contributed by atoms with Crippen molar-refractivity contribution in [1.29, 1.82) is 0 Å². The summed E-state index contributed by atoms with van der Waals surface area (Å²) in [4.78, 5) is 24.0. The highest BCUT2D eigenvalue weighted by atomic mass is 16.3. The summed E-state index contributed by atoms with van der Waals surface area (Å²) in [6.07, 6.45) is 3.13. The minimum absolute atomic E-state index is 0.163. The van der Waals surface area contributed by atoms with Gasteiger partial charge in [0.2, 0.25) is 0 Å². The first kappa shape index (κ1) is 20.3. The summed E-state index contributed by atoms with van der Waals surface area (Å²) in [6, 6.07) is 26.3. The number of carbonyl (C=O) groups is 1. The van der Waals surface area contributed by atoms with E-state index in [0.29, 0.717) is 17.0 Å². The molecule has 0 aliphatic carbocycles. The molecule has 0 saturated carbocycles. The molecule has 4 rings (SSSR count). The molecular formula is C26H23N3O2. The molecule has 0 saturated heterocycles. The van der Waals surface area contributed by atoms with Gasteiger partial charge in [-0.1, -0.05) is 78.9 Å². The zero-order valence-electron chi connectivity index (χ0n) is 17.2. The van der Waals surface area contributed by atoms with Crippen molar-refractivity contribution in [3.63, 3.8) is 0 Å². The van der Waals surface area contributed by atoms with E-state index in [9.17, 15) is 9.90 Å². The fraction of sp³-hybridized carbons (Fsp3) is 0.115. The minimum Gasteiger partial charge on any atom is -0.508 e. The zero-order chi connectivity index (χ0) is 21.6. The number of phenolic OH excluding ortho intramolecular Hbond substituents is 1. The summed E-state index contributed by atoms with van der Waals surface area (Å²) in [5, 5.41) is 10.3. The molecule has 1 aromatic heterocycles. The smallest absolute Gasteiger partial charge is 0.257 e. The molecule has 0 bridgehead atoms. The molecule has 1 atom stereocenters. The molecule has 0 aliphatic rings. The first-order valence-corrected chi connectivity index (χ1v) is 10.1. The Bertz CT molecular complexity index is 1150. The number of aromatic nitrogens is 2. The summed E-state index contributed by atoms with van der Waals surface area (Å²) in [6.45, 7) is 2.24. The number of hydrogen-bond acceptors (Lipinski definition) is 4. The molecular weight excluding hydrogens is 386 g/mol. The van der Waals surface area contributed by atoms with Crippen molar-refractivity contribution >= 4 is 5.91 Å². The highest BCUT2D eigenvalue weighted by Gasteiger charge is 2.24. The van der Waals surface area contributed by atoms with Gasteiger partial charge < -0.3 is 10.0 Å². The van der Waals surface area contributed by atoms with E-state index in [4.69, 9.17) is 0 Å². The molecule has 1 N–H and O–H groups in total. The molecule has 1 heterocycles. The fourth-order valence-corrected chi connectivity index (χ4v) is 3.46. The molecule has 0 radical (unpaired) electrons. The van der Waals surface area contributed by atoms with Crippen LogP contribution in [0, 0.1) is 0 Å². The first-order valence-electron chi connectivity index (χ1n) is 10.1. The van der Waals surface area contributed by atoms with Crippen molar-refractivity contribution in [3.05, 3.63) is 114 Å². The lowest BCUT2D eigenvalue weighted by atomic mass is 10.0. The van der Waals surface area contributed by atoms with Crippen molar-refractivity contribution in [2.45, 2.75) is 19.5 Å². The summed E-state index contributed by atoms with van der Waals surface area (Å²) >= 11 is 0. The second-order valence-electron chi connectivity index (χ2n) is 7.31. The van der Waals surface area contributed by atoms with Gasteiger partial charge in [0.15, 0.2) is 5.82 Å². The molecule has 4 aromatic rings. The maximum atomic E-state index is 13.5. The molecule has 0 aliphatic heterocycles. The summed E-state index contributed by atoms with van der Waals surface area (Å²) < 4.78 is 0. The Hall–Kier alpha value is -3.99. The van der Waals surface area contributed by atoms with Gasteiger partial charge in [-0.25, -0.2) is 9.97 Å². The Morgan fingerprint density at radius 1 is 0.871 bits per heavy atom. The van der Waals surface area contributed by atoms with Crippen LogP contribution in [-0.2, 0) is 6.54 Å². The van der Waals surface area contributed by atoms with E-state index in [1.54, 1.807) is 29.4 Å². The number of nitrogens with zero attached hydrogens (tertiary/aromatic N) is 3. The molecule has 0 spiro atoms. The lowest BCUT2D eigenvalue weighted by Gasteiger charge is -2.30. The number of hydrogen-bond donors (Lipinski definition) is 1. The molecule has 31 heavy (non-hydrogen) atoms. The van der Waals surface area contributed by atoms with Gasteiger partial charge in [0.1, 0.15) is 5.75 Å².